The number of hydrogen-bond donors (Lipinski definition) is 0. The molecule has 1 heterocycles. The van der Waals surface area contributed by atoms with Gasteiger partial charge in [0.05, 0.1) is 12.8 Å². The average molecular weight is 315 g/mol. The fourth-order valence-corrected chi connectivity index (χ4v) is 2.75. The minimum absolute atomic E-state index is 0.111. The maximum Gasteiger partial charge on any atom is 0.131 e. The number of hydrogen-bond acceptors (Lipinski definition) is 2. The second kappa shape index (κ2) is 7.12. The number of nitrogens with zero attached hydrogens (tertiary/aromatic N) is 1. The number of benzene rings is 1. The van der Waals surface area contributed by atoms with Crippen LogP contribution < -0.4 is 4.74 Å². The van der Waals surface area contributed by atoms with E-state index in [0.29, 0.717) is 17.2 Å². The lowest BCUT2D eigenvalue weighted by atomic mass is 9.94. The van der Waals surface area contributed by atoms with Gasteiger partial charge in [-0.1, -0.05) is 33.8 Å². The molecule has 0 N–H and O–H groups in total. The third kappa shape index (κ3) is 3.54. The third-order valence-electron chi connectivity index (χ3n) is 4.48. The molecule has 1 atom stereocenters. The molecule has 2 nitrogen and oxygen atoms in total. The van der Waals surface area contributed by atoms with Gasteiger partial charge < -0.3 is 4.74 Å². The molecule has 1 aromatic carbocycles. The molecule has 0 radical (unpaired) electrons. The van der Waals surface area contributed by atoms with Gasteiger partial charge in [0.1, 0.15) is 11.6 Å². The molecule has 0 bridgehead atoms. The van der Waals surface area contributed by atoms with E-state index in [0.717, 1.165) is 23.2 Å². The Bertz CT molecular complexity index is 694. The summed E-state index contributed by atoms with van der Waals surface area (Å²) in [5, 5.41) is 0. The highest BCUT2D eigenvalue weighted by atomic mass is 19.1. The highest BCUT2D eigenvalue weighted by Gasteiger charge is 2.17. The van der Waals surface area contributed by atoms with E-state index in [1.165, 1.54) is 11.6 Å². The van der Waals surface area contributed by atoms with Gasteiger partial charge in [-0.05, 0) is 47.9 Å². The molecule has 0 aliphatic carbocycles. The second-order valence-corrected chi connectivity index (χ2v) is 6.47. The van der Waals surface area contributed by atoms with Gasteiger partial charge in [0, 0.05) is 17.8 Å². The topological polar surface area (TPSA) is 22.1 Å². The van der Waals surface area contributed by atoms with Gasteiger partial charge in [0.25, 0.3) is 0 Å². The van der Waals surface area contributed by atoms with Crippen LogP contribution in [0.15, 0.2) is 24.4 Å². The van der Waals surface area contributed by atoms with Gasteiger partial charge in [-0.3, -0.25) is 4.98 Å². The number of halogens is 1. The summed E-state index contributed by atoms with van der Waals surface area (Å²) < 4.78 is 19.6. The maximum atomic E-state index is 14.2. The van der Waals surface area contributed by atoms with E-state index in [9.17, 15) is 4.39 Å². The number of pyridine rings is 1. The fraction of sp³-hybridized carbons (Fsp3) is 0.450. The minimum Gasteiger partial charge on any atom is -0.496 e. The van der Waals surface area contributed by atoms with Crippen LogP contribution in [0.1, 0.15) is 62.6 Å². The molecule has 23 heavy (non-hydrogen) atoms. The van der Waals surface area contributed by atoms with Crippen molar-refractivity contribution in [3.05, 3.63) is 46.9 Å². The zero-order valence-electron chi connectivity index (χ0n) is 14.9. The normalized spacial score (nSPS) is 12.5. The highest BCUT2D eigenvalue weighted by Crippen LogP contribution is 2.36. The minimum atomic E-state index is -0.227. The largest absolute Gasteiger partial charge is 0.496 e. The van der Waals surface area contributed by atoms with Crippen LogP contribution in [0.4, 0.5) is 4.39 Å². The summed E-state index contributed by atoms with van der Waals surface area (Å²) in [5.74, 6) is 0.893. The van der Waals surface area contributed by atoms with Gasteiger partial charge >= 0.3 is 0 Å². The molecule has 0 fully saturated rings. The molecule has 0 aliphatic heterocycles. The van der Waals surface area contributed by atoms with E-state index >= 15 is 0 Å². The Labute approximate surface area is 138 Å². The van der Waals surface area contributed by atoms with E-state index in [4.69, 9.17) is 4.74 Å². The molecule has 1 unspecified atom stereocenters. The number of aryl methyl sites for hydroxylation is 1. The van der Waals surface area contributed by atoms with Crippen molar-refractivity contribution in [2.24, 2.45) is 0 Å². The van der Waals surface area contributed by atoms with Crippen molar-refractivity contribution in [2.75, 3.05) is 7.11 Å². The molecule has 124 valence electrons. The van der Waals surface area contributed by atoms with Crippen LogP contribution in [0.2, 0.25) is 0 Å². The molecule has 2 aromatic rings. The first-order valence-electron chi connectivity index (χ1n) is 8.23. The summed E-state index contributed by atoms with van der Waals surface area (Å²) in [6.07, 6.45) is 3.01. The number of methoxy groups -OCH3 is 1. The Balaban J connectivity index is 2.59. The number of aromatic nitrogens is 1. The van der Waals surface area contributed by atoms with Crippen LogP contribution in [0.3, 0.4) is 0 Å². The lowest BCUT2D eigenvalue weighted by Crippen LogP contribution is -2.01. The van der Waals surface area contributed by atoms with Crippen molar-refractivity contribution in [2.45, 2.75) is 52.9 Å². The van der Waals surface area contributed by atoms with Gasteiger partial charge in [0.15, 0.2) is 0 Å². The van der Waals surface area contributed by atoms with E-state index < -0.39 is 0 Å². The molecule has 0 amide bonds. The smallest absolute Gasteiger partial charge is 0.131 e. The number of ether oxygens (including phenoxy) is 1. The number of rotatable bonds is 5. The molecular formula is C20H26FNO. The van der Waals surface area contributed by atoms with Crippen molar-refractivity contribution < 1.29 is 9.13 Å². The molecule has 0 spiro atoms. The Kier molecular flexibility index (Phi) is 5.40. The van der Waals surface area contributed by atoms with E-state index in [2.05, 4.69) is 24.9 Å². The molecule has 0 saturated carbocycles. The van der Waals surface area contributed by atoms with Gasteiger partial charge in [-0.2, -0.15) is 0 Å². The summed E-state index contributed by atoms with van der Waals surface area (Å²) in [7, 11) is 1.57. The van der Waals surface area contributed by atoms with Crippen LogP contribution in [0.5, 0.6) is 5.75 Å². The summed E-state index contributed by atoms with van der Waals surface area (Å²) in [6, 6.07) is 5.51. The zero-order chi connectivity index (χ0) is 17.1. The molecule has 0 saturated heterocycles. The van der Waals surface area contributed by atoms with Crippen molar-refractivity contribution in [3.8, 4) is 17.0 Å². The lowest BCUT2D eigenvalue weighted by Gasteiger charge is -2.16. The molecular weight excluding hydrogens is 289 g/mol. The van der Waals surface area contributed by atoms with E-state index in [1.54, 1.807) is 7.11 Å². The van der Waals surface area contributed by atoms with Gasteiger partial charge in [0.2, 0.25) is 0 Å². The van der Waals surface area contributed by atoms with Crippen LogP contribution in [-0.4, -0.2) is 12.1 Å². The maximum absolute atomic E-state index is 14.2. The Morgan fingerprint density at radius 2 is 1.87 bits per heavy atom. The van der Waals surface area contributed by atoms with Crippen LogP contribution in [0, 0.1) is 12.7 Å². The van der Waals surface area contributed by atoms with E-state index in [-0.39, 0.29) is 11.7 Å². The fourth-order valence-electron chi connectivity index (χ4n) is 2.75. The van der Waals surface area contributed by atoms with E-state index in [1.807, 2.05) is 33.0 Å². The van der Waals surface area contributed by atoms with Crippen LogP contribution in [0.25, 0.3) is 11.3 Å². The highest BCUT2D eigenvalue weighted by molar-refractivity contribution is 5.71. The van der Waals surface area contributed by atoms with Crippen molar-refractivity contribution in [1.82, 2.24) is 4.98 Å². The van der Waals surface area contributed by atoms with Crippen molar-refractivity contribution in [3.63, 3.8) is 0 Å². The quantitative estimate of drug-likeness (QED) is 0.691. The summed E-state index contributed by atoms with van der Waals surface area (Å²) >= 11 is 0. The Morgan fingerprint density at radius 1 is 1.17 bits per heavy atom. The Hall–Kier alpha value is -1.90. The predicted molar refractivity (Wildman–Crippen MR) is 93.7 cm³/mol. The summed E-state index contributed by atoms with van der Waals surface area (Å²) in [6.45, 7) is 10.4. The molecule has 2 rings (SSSR count). The molecule has 0 aliphatic rings. The predicted octanol–water partition coefficient (Wildman–Crippen LogP) is 5.84. The Morgan fingerprint density at radius 3 is 2.39 bits per heavy atom. The van der Waals surface area contributed by atoms with Gasteiger partial charge in [-0.25, -0.2) is 4.39 Å². The average Bonchev–Trinajstić information content (AvgIpc) is 2.53. The SMILES string of the molecule is CCC(C)c1cnc(-c2cc(C(C)C)c(F)cc2OC)c(C)c1. The first-order valence-corrected chi connectivity index (χ1v) is 8.23. The summed E-state index contributed by atoms with van der Waals surface area (Å²) in [4.78, 5) is 4.65. The van der Waals surface area contributed by atoms with Gasteiger partial charge in [-0.15, -0.1) is 0 Å². The first-order chi connectivity index (χ1) is 10.9. The van der Waals surface area contributed by atoms with Crippen LogP contribution in [-0.2, 0) is 0 Å². The van der Waals surface area contributed by atoms with Crippen LogP contribution >= 0.6 is 0 Å². The second-order valence-electron chi connectivity index (χ2n) is 6.47. The summed E-state index contributed by atoms with van der Waals surface area (Å²) in [5.41, 5.74) is 4.72. The zero-order valence-corrected chi connectivity index (χ0v) is 14.9. The standard InChI is InChI=1S/C20H26FNO/c1-7-13(4)15-8-14(5)20(22-11-15)17-9-16(12(2)3)18(21)10-19(17)23-6/h8-13H,7H2,1-6H3. The van der Waals surface area contributed by atoms with Crippen molar-refractivity contribution in [1.29, 1.82) is 0 Å². The third-order valence-corrected chi connectivity index (χ3v) is 4.48. The lowest BCUT2D eigenvalue weighted by molar-refractivity contribution is 0.412. The first kappa shape index (κ1) is 17.5. The monoisotopic (exact) mass is 315 g/mol. The molecule has 3 heteroatoms. The molecule has 1 aromatic heterocycles. The van der Waals surface area contributed by atoms with Crippen molar-refractivity contribution >= 4 is 0 Å².